The van der Waals surface area contributed by atoms with Crippen molar-refractivity contribution in [3.8, 4) is 12.3 Å². The quantitative estimate of drug-likeness (QED) is 0.440. The lowest BCUT2D eigenvalue weighted by Gasteiger charge is -2.13. The Morgan fingerprint density at radius 1 is 1.42 bits per heavy atom. The van der Waals surface area contributed by atoms with Gasteiger partial charge in [-0.25, -0.2) is 0 Å². The van der Waals surface area contributed by atoms with Crippen LogP contribution in [0.3, 0.4) is 0 Å². The Labute approximate surface area is 73.0 Å². The molecule has 0 aliphatic carbocycles. The highest BCUT2D eigenvalue weighted by Crippen LogP contribution is 1.99. The Morgan fingerprint density at radius 3 is 2.25 bits per heavy atom. The number of carbonyl (C=O) groups excluding carboxylic acids is 1. The minimum absolute atomic E-state index is 0.0602. The number of carbonyl (C=O) groups is 1. The fraction of sp³-hybridized carbons (Fsp3) is 0.667. The van der Waals surface area contributed by atoms with E-state index in [-0.39, 0.29) is 12.2 Å². The molecule has 0 rings (SSSR count). The minimum atomic E-state index is -0.781. The molecule has 0 radical (unpaired) electrons. The number of ether oxygens (including phenoxy) is 2. The van der Waals surface area contributed by atoms with Crippen molar-refractivity contribution in [1.82, 2.24) is 0 Å². The van der Waals surface area contributed by atoms with Crippen LogP contribution >= 0.6 is 0 Å². The van der Waals surface area contributed by atoms with Gasteiger partial charge in [-0.1, -0.05) is 5.92 Å². The zero-order valence-electron chi connectivity index (χ0n) is 7.50. The highest BCUT2D eigenvalue weighted by atomic mass is 16.7. The summed E-state index contributed by atoms with van der Waals surface area (Å²) in [5.41, 5.74) is 0. The number of Topliss-reactive ketones (excluding diaryl/α,β-unsaturated/α-hetero) is 1. The van der Waals surface area contributed by atoms with Gasteiger partial charge in [-0.2, -0.15) is 0 Å². The van der Waals surface area contributed by atoms with E-state index < -0.39 is 6.29 Å². The highest BCUT2D eigenvalue weighted by molar-refractivity contribution is 5.83. The molecule has 0 aromatic rings. The number of hydrogen-bond acceptors (Lipinski definition) is 3. The summed E-state index contributed by atoms with van der Waals surface area (Å²) >= 11 is 0. The van der Waals surface area contributed by atoms with E-state index in [1.165, 1.54) is 0 Å². The summed E-state index contributed by atoms with van der Waals surface area (Å²) < 4.78 is 10.1. The van der Waals surface area contributed by atoms with Gasteiger partial charge in [-0.3, -0.25) is 4.79 Å². The third-order valence-electron chi connectivity index (χ3n) is 1.18. The molecule has 0 aliphatic heterocycles. The van der Waals surface area contributed by atoms with Crippen LogP contribution in [0.2, 0.25) is 0 Å². The van der Waals surface area contributed by atoms with E-state index in [1.807, 2.05) is 0 Å². The van der Waals surface area contributed by atoms with E-state index in [1.54, 1.807) is 13.8 Å². The van der Waals surface area contributed by atoms with Gasteiger partial charge in [0.2, 0.25) is 12.1 Å². The molecule has 0 aliphatic rings. The van der Waals surface area contributed by atoms with Crippen LogP contribution in [0.25, 0.3) is 0 Å². The normalized spacial score (nSPS) is 9.83. The average molecular weight is 170 g/mol. The van der Waals surface area contributed by atoms with Crippen LogP contribution in [0.1, 0.15) is 20.3 Å². The van der Waals surface area contributed by atoms with Crippen molar-refractivity contribution in [3.63, 3.8) is 0 Å². The predicted octanol–water partition coefficient (Wildman–Crippen LogP) is 0.978. The maximum absolute atomic E-state index is 11.1. The molecule has 0 aromatic carbocycles. The molecule has 0 fully saturated rings. The number of rotatable bonds is 6. The van der Waals surface area contributed by atoms with Gasteiger partial charge in [-0.15, -0.1) is 6.42 Å². The molecule has 0 spiro atoms. The Hall–Kier alpha value is -0.850. The molecule has 0 bridgehead atoms. The van der Waals surface area contributed by atoms with Crippen molar-refractivity contribution in [2.75, 3.05) is 13.2 Å². The van der Waals surface area contributed by atoms with Crippen LogP contribution < -0.4 is 0 Å². The SMILES string of the molecule is C#CCC(=O)C(OCC)OCC. The molecule has 0 saturated carbocycles. The smallest absolute Gasteiger partial charge is 0.218 e. The van der Waals surface area contributed by atoms with Crippen LogP contribution in [-0.2, 0) is 14.3 Å². The van der Waals surface area contributed by atoms with Gasteiger partial charge >= 0.3 is 0 Å². The molecule has 3 nitrogen and oxygen atoms in total. The van der Waals surface area contributed by atoms with E-state index in [9.17, 15) is 4.79 Å². The van der Waals surface area contributed by atoms with Gasteiger partial charge in [-0.05, 0) is 13.8 Å². The van der Waals surface area contributed by atoms with Crippen molar-refractivity contribution in [2.45, 2.75) is 26.6 Å². The van der Waals surface area contributed by atoms with Gasteiger partial charge in [0, 0.05) is 13.2 Å². The summed E-state index contributed by atoms with van der Waals surface area (Å²) in [7, 11) is 0. The summed E-state index contributed by atoms with van der Waals surface area (Å²) in [5.74, 6) is 2.06. The van der Waals surface area contributed by atoms with Gasteiger partial charge in [0.15, 0.2) is 0 Å². The lowest BCUT2D eigenvalue weighted by molar-refractivity contribution is -0.166. The van der Waals surface area contributed by atoms with Crippen LogP contribution in [0, 0.1) is 12.3 Å². The van der Waals surface area contributed by atoms with Crippen LogP contribution in [-0.4, -0.2) is 25.3 Å². The van der Waals surface area contributed by atoms with Crippen LogP contribution in [0.15, 0.2) is 0 Å². The lowest BCUT2D eigenvalue weighted by atomic mass is 10.3. The third-order valence-corrected chi connectivity index (χ3v) is 1.18. The summed E-state index contributed by atoms with van der Waals surface area (Å²) in [6.07, 6.45) is 4.26. The molecule has 12 heavy (non-hydrogen) atoms. The first-order chi connectivity index (χ1) is 5.76. The summed E-state index contributed by atoms with van der Waals surface area (Å²) in [6.45, 7) is 4.49. The summed E-state index contributed by atoms with van der Waals surface area (Å²) in [5, 5.41) is 0. The predicted molar refractivity (Wildman–Crippen MR) is 45.5 cm³/mol. The standard InChI is InChI=1S/C9H14O3/c1-4-7-8(10)9(11-5-2)12-6-3/h1,9H,5-7H2,2-3H3. The molecule has 0 heterocycles. The second kappa shape index (κ2) is 6.84. The number of ketones is 1. The zero-order chi connectivity index (χ0) is 9.40. The van der Waals surface area contributed by atoms with E-state index in [0.29, 0.717) is 13.2 Å². The van der Waals surface area contributed by atoms with Crippen molar-refractivity contribution in [2.24, 2.45) is 0 Å². The second-order valence-electron chi connectivity index (χ2n) is 2.09. The fourth-order valence-electron chi connectivity index (χ4n) is 0.721. The first-order valence-electron chi connectivity index (χ1n) is 3.95. The molecule has 3 heteroatoms. The summed E-state index contributed by atoms with van der Waals surface area (Å²) in [6, 6.07) is 0. The van der Waals surface area contributed by atoms with Crippen LogP contribution in [0.5, 0.6) is 0 Å². The molecular weight excluding hydrogens is 156 g/mol. The molecule has 0 amide bonds. The molecule has 0 saturated heterocycles. The Morgan fingerprint density at radius 2 is 1.92 bits per heavy atom. The van der Waals surface area contributed by atoms with E-state index >= 15 is 0 Å². The molecule has 0 aromatic heterocycles. The number of terminal acetylenes is 1. The summed E-state index contributed by atoms with van der Waals surface area (Å²) in [4.78, 5) is 11.1. The maximum Gasteiger partial charge on any atom is 0.218 e. The first kappa shape index (κ1) is 11.2. The second-order valence-corrected chi connectivity index (χ2v) is 2.09. The van der Waals surface area contributed by atoms with Gasteiger partial charge in [0.05, 0.1) is 6.42 Å². The van der Waals surface area contributed by atoms with Gasteiger partial charge in [0.1, 0.15) is 0 Å². The molecule has 0 unspecified atom stereocenters. The Kier molecular flexibility index (Phi) is 6.35. The molecule has 68 valence electrons. The van der Waals surface area contributed by atoms with Crippen LogP contribution in [0.4, 0.5) is 0 Å². The van der Waals surface area contributed by atoms with E-state index in [4.69, 9.17) is 15.9 Å². The van der Waals surface area contributed by atoms with Crippen molar-refractivity contribution < 1.29 is 14.3 Å². The molecular formula is C9H14O3. The monoisotopic (exact) mass is 170 g/mol. The lowest BCUT2D eigenvalue weighted by Crippen LogP contribution is -2.27. The van der Waals surface area contributed by atoms with Crippen molar-refractivity contribution in [3.05, 3.63) is 0 Å². The number of hydrogen-bond donors (Lipinski definition) is 0. The minimum Gasteiger partial charge on any atom is -0.346 e. The highest BCUT2D eigenvalue weighted by Gasteiger charge is 2.16. The molecule has 0 atom stereocenters. The first-order valence-corrected chi connectivity index (χ1v) is 3.95. The topological polar surface area (TPSA) is 35.5 Å². The average Bonchev–Trinajstić information content (AvgIpc) is 2.04. The maximum atomic E-state index is 11.1. The van der Waals surface area contributed by atoms with E-state index in [0.717, 1.165) is 0 Å². The fourth-order valence-corrected chi connectivity index (χ4v) is 0.721. The largest absolute Gasteiger partial charge is 0.346 e. The Balaban J connectivity index is 3.92. The van der Waals surface area contributed by atoms with Gasteiger partial charge < -0.3 is 9.47 Å². The van der Waals surface area contributed by atoms with E-state index in [2.05, 4.69) is 5.92 Å². The van der Waals surface area contributed by atoms with Crippen molar-refractivity contribution in [1.29, 1.82) is 0 Å². The van der Waals surface area contributed by atoms with Gasteiger partial charge in [0.25, 0.3) is 0 Å². The molecule has 0 N–H and O–H groups in total. The Bertz CT molecular complexity index is 163. The third kappa shape index (κ3) is 4.12. The zero-order valence-corrected chi connectivity index (χ0v) is 7.50. The van der Waals surface area contributed by atoms with Crippen molar-refractivity contribution >= 4 is 5.78 Å².